The van der Waals surface area contributed by atoms with E-state index in [1.807, 2.05) is 13.8 Å². The number of carbonyl (C=O) groups is 2. The average Bonchev–Trinajstić information content (AvgIpc) is 3.27. The Balaban J connectivity index is 1.79. The Labute approximate surface area is 130 Å². The summed E-state index contributed by atoms with van der Waals surface area (Å²) in [7, 11) is 0. The van der Waals surface area contributed by atoms with Crippen LogP contribution in [0.25, 0.3) is 0 Å². The van der Waals surface area contributed by atoms with Gasteiger partial charge in [-0.25, -0.2) is 0 Å². The van der Waals surface area contributed by atoms with E-state index in [1.165, 1.54) is 0 Å². The summed E-state index contributed by atoms with van der Waals surface area (Å²) in [4.78, 5) is 23.4. The number of anilines is 1. The molecule has 1 aliphatic carbocycles. The Bertz CT molecular complexity index is 548. The number of nitrogens with one attached hydrogen (secondary N) is 2. The highest BCUT2D eigenvalue weighted by atomic mass is 16.5. The number of ether oxygens (including phenoxy) is 1. The molecule has 1 saturated carbocycles. The van der Waals surface area contributed by atoms with Crippen molar-refractivity contribution in [2.75, 3.05) is 18.5 Å². The van der Waals surface area contributed by atoms with Gasteiger partial charge in [0, 0.05) is 29.8 Å². The summed E-state index contributed by atoms with van der Waals surface area (Å²) in [5.74, 6) is 0.497. The second-order valence-corrected chi connectivity index (χ2v) is 6.35. The van der Waals surface area contributed by atoms with Gasteiger partial charge in [0.15, 0.2) is 6.61 Å². The second-order valence-electron chi connectivity index (χ2n) is 6.35. The maximum Gasteiger partial charge on any atom is 0.258 e. The molecular weight excluding hydrogens is 282 g/mol. The molecule has 6 nitrogen and oxygen atoms in total. The highest BCUT2D eigenvalue weighted by Gasteiger charge is 2.29. The molecule has 1 fully saturated rings. The Morgan fingerprint density at radius 1 is 1.36 bits per heavy atom. The monoisotopic (exact) mass is 305 g/mol. The predicted octanol–water partition coefficient (Wildman–Crippen LogP) is 1.27. The molecule has 0 atom stereocenters. The van der Waals surface area contributed by atoms with Crippen LogP contribution in [0.15, 0.2) is 24.3 Å². The summed E-state index contributed by atoms with van der Waals surface area (Å²) in [6.45, 7) is 3.96. The molecular formula is C16H23N3O3. The van der Waals surface area contributed by atoms with E-state index in [1.54, 1.807) is 24.3 Å². The number of rotatable bonds is 7. The maximum absolute atomic E-state index is 11.7. The van der Waals surface area contributed by atoms with Crippen molar-refractivity contribution in [3.05, 3.63) is 24.3 Å². The van der Waals surface area contributed by atoms with Crippen LogP contribution >= 0.6 is 0 Å². The molecule has 1 aliphatic rings. The van der Waals surface area contributed by atoms with Gasteiger partial charge in [-0.2, -0.15) is 0 Å². The Morgan fingerprint density at radius 2 is 2.09 bits per heavy atom. The lowest BCUT2D eigenvalue weighted by Gasteiger charge is -2.18. The van der Waals surface area contributed by atoms with Gasteiger partial charge >= 0.3 is 0 Å². The van der Waals surface area contributed by atoms with Crippen molar-refractivity contribution >= 4 is 17.5 Å². The van der Waals surface area contributed by atoms with Crippen LogP contribution in [-0.2, 0) is 9.59 Å². The highest BCUT2D eigenvalue weighted by molar-refractivity contribution is 5.94. The zero-order valence-corrected chi connectivity index (χ0v) is 13.0. The number of amides is 2. The van der Waals surface area contributed by atoms with Crippen molar-refractivity contribution in [2.24, 2.45) is 11.7 Å². The van der Waals surface area contributed by atoms with Crippen molar-refractivity contribution in [3.8, 4) is 5.75 Å². The van der Waals surface area contributed by atoms with Gasteiger partial charge in [0.25, 0.3) is 5.91 Å². The first-order valence-electron chi connectivity index (χ1n) is 7.43. The van der Waals surface area contributed by atoms with Crippen LogP contribution in [0.2, 0.25) is 0 Å². The third-order valence-corrected chi connectivity index (χ3v) is 3.16. The number of carbonyl (C=O) groups excluding carboxylic acids is 2. The molecule has 0 saturated heterocycles. The van der Waals surface area contributed by atoms with Crippen LogP contribution in [-0.4, -0.2) is 30.5 Å². The van der Waals surface area contributed by atoms with Crippen LogP contribution in [0.1, 0.15) is 26.7 Å². The largest absolute Gasteiger partial charge is 0.484 e. The van der Waals surface area contributed by atoms with Crippen molar-refractivity contribution < 1.29 is 14.3 Å². The molecule has 0 heterocycles. The fourth-order valence-electron chi connectivity index (χ4n) is 1.78. The first-order chi connectivity index (χ1) is 10.3. The lowest BCUT2D eigenvalue weighted by atomic mass is 10.1. The van der Waals surface area contributed by atoms with Crippen LogP contribution in [0.4, 0.5) is 5.69 Å². The zero-order chi connectivity index (χ0) is 16.2. The summed E-state index contributed by atoms with van der Waals surface area (Å²) < 4.78 is 5.43. The SMILES string of the molecule is CC(C)(N)CNC(=O)COc1cccc(NC(=O)C2CC2)c1. The molecule has 120 valence electrons. The third-order valence-electron chi connectivity index (χ3n) is 3.16. The maximum atomic E-state index is 11.7. The van der Waals surface area contributed by atoms with E-state index in [0.717, 1.165) is 12.8 Å². The smallest absolute Gasteiger partial charge is 0.258 e. The molecule has 6 heteroatoms. The molecule has 2 amide bonds. The van der Waals surface area contributed by atoms with Gasteiger partial charge in [-0.05, 0) is 38.8 Å². The van der Waals surface area contributed by atoms with E-state index in [9.17, 15) is 9.59 Å². The predicted molar refractivity (Wildman–Crippen MR) is 84.6 cm³/mol. The Kier molecular flexibility index (Phi) is 5.03. The summed E-state index contributed by atoms with van der Waals surface area (Å²) in [6, 6.07) is 7.02. The molecule has 0 aliphatic heterocycles. The standard InChI is InChI=1S/C16H23N3O3/c1-16(2,17)10-18-14(20)9-22-13-5-3-4-12(8-13)19-15(21)11-6-7-11/h3-5,8,11H,6-7,9-10,17H2,1-2H3,(H,18,20)(H,19,21). The summed E-state index contributed by atoms with van der Waals surface area (Å²) in [6.07, 6.45) is 1.92. The first-order valence-corrected chi connectivity index (χ1v) is 7.43. The second kappa shape index (κ2) is 6.79. The van der Waals surface area contributed by atoms with E-state index in [2.05, 4.69) is 10.6 Å². The van der Waals surface area contributed by atoms with Crippen LogP contribution in [0.5, 0.6) is 5.75 Å². The van der Waals surface area contributed by atoms with E-state index < -0.39 is 5.54 Å². The minimum absolute atomic E-state index is 0.0417. The van der Waals surface area contributed by atoms with Gasteiger partial charge in [-0.1, -0.05) is 6.07 Å². The minimum Gasteiger partial charge on any atom is -0.484 e. The lowest BCUT2D eigenvalue weighted by molar-refractivity contribution is -0.123. The molecule has 4 N–H and O–H groups in total. The molecule has 0 aromatic heterocycles. The molecule has 1 aromatic carbocycles. The van der Waals surface area contributed by atoms with Crippen LogP contribution in [0.3, 0.4) is 0 Å². The zero-order valence-electron chi connectivity index (χ0n) is 13.0. The molecule has 2 rings (SSSR count). The van der Waals surface area contributed by atoms with E-state index in [-0.39, 0.29) is 24.3 Å². The van der Waals surface area contributed by atoms with Gasteiger partial charge in [0.05, 0.1) is 0 Å². The number of hydrogen-bond donors (Lipinski definition) is 3. The Hall–Kier alpha value is -2.08. The average molecular weight is 305 g/mol. The first kappa shape index (κ1) is 16.3. The molecule has 22 heavy (non-hydrogen) atoms. The van der Waals surface area contributed by atoms with E-state index >= 15 is 0 Å². The van der Waals surface area contributed by atoms with E-state index in [4.69, 9.17) is 10.5 Å². The van der Waals surface area contributed by atoms with Crippen LogP contribution in [0, 0.1) is 5.92 Å². The lowest BCUT2D eigenvalue weighted by Crippen LogP contribution is -2.46. The van der Waals surface area contributed by atoms with Crippen LogP contribution < -0.4 is 21.1 Å². The molecule has 0 bridgehead atoms. The van der Waals surface area contributed by atoms with Gasteiger partial charge < -0.3 is 21.1 Å². The summed E-state index contributed by atoms with van der Waals surface area (Å²) >= 11 is 0. The summed E-state index contributed by atoms with van der Waals surface area (Å²) in [5, 5.41) is 5.55. The molecule has 1 aromatic rings. The van der Waals surface area contributed by atoms with Crippen molar-refractivity contribution in [1.82, 2.24) is 5.32 Å². The van der Waals surface area contributed by atoms with Crippen molar-refractivity contribution in [1.29, 1.82) is 0 Å². The third kappa shape index (κ3) is 5.73. The normalized spacial score (nSPS) is 14.3. The quantitative estimate of drug-likeness (QED) is 0.707. The molecule has 0 spiro atoms. The number of nitrogens with two attached hydrogens (primary N) is 1. The van der Waals surface area contributed by atoms with Crippen molar-refractivity contribution in [3.63, 3.8) is 0 Å². The molecule has 0 radical (unpaired) electrons. The van der Waals surface area contributed by atoms with E-state index in [0.29, 0.717) is 18.0 Å². The summed E-state index contributed by atoms with van der Waals surface area (Å²) in [5.41, 5.74) is 6.01. The molecule has 0 unspecified atom stereocenters. The topological polar surface area (TPSA) is 93.4 Å². The number of benzene rings is 1. The van der Waals surface area contributed by atoms with Gasteiger partial charge in [0.2, 0.25) is 5.91 Å². The highest BCUT2D eigenvalue weighted by Crippen LogP contribution is 2.30. The van der Waals surface area contributed by atoms with Gasteiger partial charge in [0.1, 0.15) is 5.75 Å². The fourth-order valence-corrected chi connectivity index (χ4v) is 1.78. The van der Waals surface area contributed by atoms with Gasteiger partial charge in [-0.15, -0.1) is 0 Å². The number of hydrogen-bond acceptors (Lipinski definition) is 4. The van der Waals surface area contributed by atoms with Crippen molar-refractivity contribution in [2.45, 2.75) is 32.2 Å². The Morgan fingerprint density at radius 3 is 2.73 bits per heavy atom. The minimum atomic E-state index is -0.456. The van der Waals surface area contributed by atoms with Gasteiger partial charge in [-0.3, -0.25) is 9.59 Å². The fraction of sp³-hybridized carbons (Fsp3) is 0.500.